The summed E-state index contributed by atoms with van der Waals surface area (Å²) in [6, 6.07) is 0. The fourth-order valence-electron chi connectivity index (χ4n) is 7.71. The van der Waals surface area contributed by atoms with Gasteiger partial charge in [-0.15, -0.1) is 0 Å². The fourth-order valence-corrected chi connectivity index (χ4v) is 7.71. The van der Waals surface area contributed by atoms with Crippen LogP contribution in [-0.2, 0) is 19.0 Å². The van der Waals surface area contributed by atoms with E-state index in [-0.39, 0.29) is 30.4 Å². The number of aliphatic hydroxyl groups is 1. The molecule has 3 aliphatic rings. The van der Waals surface area contributed by atoms with E-state index < -0.39 is 0 Å². The number of aliphatic hydroxyl groups excluding tert-OH is 1. The molecule has 0 aromatic heterocycles. The average Bonchev–Trinajstić information content (AvgIpc) is 2.90. The zero-order valence-corrected chi connectivity index (χ0v) is 25.6. The van der Waals surface area contributed by atoms with Crippen LogP contribution in [0.4, 0.5) is 0 Å². The predicted octanol–water partition coefficient (Wildman–Crippen LogP) is 7.92. The van der Waals surface area contributed by atoms with Gasteiger partial charge in [0.1, 0.15) is 6.61 Å². The molecule has 222 valence electrons. The van der Waals surface area contributed by atoms with Gasteiger partial charge in [0.05, 0.1) is 24.7 Å². The highest BCUT2D eigenvalue weighted by Gasteiger charge is 2.34. The van der Waals surface area contributed by atoms with Crippen molar-refractivity contribution in [1.29, 1.82) is 0 Å². The van der Waals surface area contributed by atoms with Crippen LogP contribution in [0.3, 0.4) is 0 Å². The molecule has 3 fully saturated rings. The summed E-state index contributed by atoms with van der Waals surface area (Å²) < 4.78 is 17.6. The maximum absolute atomic E-state index is 12.5. The number of esters is 1. The number of rotatable bonds is 12. The lowest BCUT2D eigenvalue weighted by molar-refractivity contribution is -0.179. The maximum Gasteiger partial charge on any atom is 0.309 e. The zero-order chi connectivity index (χ0) is 27.7. The van der Waals surface area contributed by atoms with Crippen molar-refractivity contribution < 1.29 is 24.1 Å². The third-order valence-electron chi connectivity index (χ3n) is 10.5. The van der Waals surface area contributed by atoms with Crippen LogP contribution in [0.2, 0.25) is 0 Å². The Morgan fingerprint density at radius 1 is 0.842 bits per heavy atom. The van der Waals surface area contributed by atoms with E-state index in [0.717, 1.165) is 75.0 Å². The molecule has 0 aromatic carbocycles. The Labute approximate surface area is 234 Å². The van der Waals surface area contributed by atoms with Gasteiger partial charge in [0.15, 0.2) is 6.29 Å². The van der Waals surface area contributed by atoms with Crippen molar-refractivity contribution in [3.8, 4) is 0 Å². The van der Waals surface area contributed by atoms with Crippen molar-refractivity contribution in [2.24, 2.45) is 40.9 Å². The molecule has 0 spiro atoms. The van der Waals surface area contributed by atoms with Crippen LogP contribution in [0, 0.1) is 40.9 Å². The normalized spacial score (nSPS) is 33.3. The van der Waals surface area contributed by atoms with E-state index in [1.165, 1.54) is 38.5 Å². The van der Waals surface area contributed by atoms with Gasteiger partial charge in [0.25, 0.3) is 0 Å². The highest BCUT2D eigenvalue weighted by molar-refractivity contribution is 5.72. The molecule has 3 aliphatic carbocycles. The molecule has 0 radical (unpaired) electrons. The topological polar surface area (TPSA) is 65.0 Å². The quantitative estimate of drug-likeness (QED) is 0.156. The van der Waals surface area contributed by atoms with Crippen LogP contribution < -0.4 is 0 Å². The van der Waals surface area contributed by atoms with Gasteiger partial charge < -0.3 is 19.3 Å². The molecule has 0 heterocycles. The first kappa shape index (κ1) is 31.9. The third kappa shape index (κ3) is 10.1. The zero-order valence-electron chi connectivity index (χ0n) is 25.6. The van der Waals surface area contributed by atoms with Crippen molar-refractivity contribution in [3.05, 3.63) is 0 Å². The summed E-state index contributed by atoms with van der Waals surface area (Å²) in [6.45, 7) is 14.4. The lowest BCUT2D eigenvalue weighted by Gasteiger charge is -2.37. The number of carbonyl (C=O) groups is 1. The molecule has 3 rings (SSSR count). The minimum atomic E-state index is -0.263. The minimum absolute atomic E-state index is 0.0475. The Morgan fingerprint density at radius 2 is 1.45 bits per heavy atom. The molecule has 0 amide bonds. The molecule has 5 nitrogen and oxygen atoms in total. The van der Waals surface area contributed by atoms with Crippen molar-refractivity contribution in [1.82, 2.24) is 0 Å². The van der Waals surface area contributed by atoms with Gasteiger partial charge in [0, 0.05) is 0 Å². The van der Waals surface area contributed by atoms with Crippen LogP contribution in [-0.4, -0.2) is 42.8 Å². The van der Waals surface area contributed by atoms with Crippen LogP contribution in [0.5, 0.6) is 0 Å². The summed E-state index contributed by atoms with van der Waals surface area (Å²) in [4.78, 5) is 12.5. The first-order valence-corrected chi connectivity index (χ1v) is 16.2. The molecular formula is C33H60O5. The van der Waals surface area contributed by atoms with Gasteiger partial charge in [-0.05, 0) is 125 Å². The second kappa shape index (κ2) is 15.4. The molecular weight excluding hydrogens is 476 g/mol. The molecule has 0 aliphatic heterocycles. The number of hydrogen-bond acceptors (Lipinski definition) is 5. The van der Waals surface area contributed by atoms with Gasteiger partial charge in [-0.25, -0.2) is 0 Å². The third-order valence-corrected chi connectivity index (χ3v) is 10.5. The number of hydrogen-bond donors (Lipinski definition) is 1. The molecule has 3 saturated carbocycles. The monoisotopic (exact) mass is 536 g/mol. The van der Waals surface area contributed by atoms with E-state index in [2.05, 4.69) is 34.6 Å². The molecule has 0 aromatic rings. The van der Waals surface area contributed by atoms with Crippen LogP contribution in [0.25, 0.3) is 0 Å². The van der Waals surface area contributed by atoms with Crippen molar-refractivity contribution in [2.75, 3.05) is 13.2 Å². The average molecular weight is 537 g/mol. The molecule has 0 saturated heterocycles. The molecule has 38 heavy (non-hydrogen) atoms. The fraction of sp³-hybridized carbons (Fsp3) is 0.970. The lowest BCUT2D eigenvalue weighted by Crippen LogP contribution is -2.32. The van der Waals surface area contributed by atoms with Crippen molar-refractivity contribution >= 4 is 5.97 Å². The summed E-state index contributed by atoms with van der Waals surface area (Å²) >= 11 is 0. The Morgan fingerprint density at radius 3 is 2.03 bits per heavy atom. The van der Waals surface area contributed by atoms with E-state index in [1.54, 1.807) is 0 Å². The van der Waals surface area contributed by atoms with Crippen molar-refractivity contribution in [3.63, 3.8) is 0 Å². The van der Waals surface area contributed by atoms with Crippen LogP contribution in [0.15, 0.2) is 0 Å². The Balaban J connectivity index is 1.26. The van der Waals surface area contributed by atoms with Crippen LogP contribution >= 0.6 is 0 Å². The van der Waals surface area contributed by atoms with Gasteiger partial charge in [-0.2, -0.15) is 0 Å². The second-order valence-corrected chi connectivity index (χ2v) is 14.1. The smallest absolute Gasteiger partial charge is 0.309 e. The lowest BCUT2D eigenvalue weighted by atomic mass is 9.70. The predicted molar refractivity (Wildman–Crippen MR) is 154 cm³/mol. The Hall–Kier alpha value is -0.650. The van der Waals surface area contributed by atoms with E-state index in [0.29, 0.717) is 24.5 Å². The summed E-state index contributed by atoms with van der Waals surface area (Å²) in [7, 11) is 0. The summed E-state index contributed by atoms with van der Waals surface area (Å²) in [5.41, 5.74) is 0.328. The van der Waals surface area contributed by atoms with Gasteiger partial charge in [0.2, 0.25) is 0 Å². The molecule has 1 N–H and O–H groups in total. The number of carbonyl (C=O) groups excluding carboxylic acids is 1. The summed E-state index contributed by atoms with van der Waals surface area (Å²) in [6.07, 6.45) is 15.8. The van der Waals surface area contributed by atoms with Gasteiger partial charge in [-0.1, -0.05) is 41.0 Å². The Kier molecular flexibility index (Phi) is 12.9. The van der Waals surface area contributed by atoms with E-state index >= 15 is 0 Å². The van der Waals surface area contributed by atoms with Crippen LogP contribution in [0.1, 0.15) is 131 Å². The van der Waals surface area contributed by atoms with E-state index in [1.807, 2.05) is 6.92 Å². The standard InChI is InChI=1S/C33H60O5/c1-7-25(22-23(2)26-10-16-30(34)17-11-26)27-12-18-31(19-13-27)38-24(3)36-20-21-37-32(35)28-8-14-29(15-9-28)33(4,5)6/h23-31,34H,7-22H2,1-6H3. The minimum Gasteiger partial charge on any atom is -0.463 e. The first-order valence-electron chi connectivity index (χ1n) is 16.2. The second-order valence-electron chi connectivity index (χ2n) is 14.1. The van der Waals surface area contributed by atoms with E-state index in [9.17, 15) is 9.90 Å². The first-order chi connectivity index (χ1) is 18.1. The molecule has 3 unspecified atom stereocenters. The highest BCUT2D eigenvalue weighted by Crippen LogP contribution is 2.41. The molecule has 0 bridgehead atoms. The SMILES string of the molecule is CCC(CC(C)C1CCC(O)CC1)C1CCC(OC(C)OCCOC(=O)C2CCC(C(C)(C)C)CC2)CC1. The van der Waals surface area contributed by atoms with Crippen molar-refractivity contribution in [2.45, 2.75) is 150 Å². The van der Waals surface area contributed by atoms with Gasteiger partial charge >= 0.3 is 5.97 Å². The summed E-state index contributed by atoms with van der Waals surface area (Å²) in [5.74, 6) is 3.90. The summed E-state index contributed by atoms with van der Waals surface area (Å²) in [5, 5.41) is 9.85. The highest BCUT2D eigenvalue weighted by atomic mass is 16.7. The molecule has 5 heteroatoms. The molecule has 3 atom stereocenters. The maximum atomic E-state index is 12.5. The Bertz CT molecular complexity index is 663. The van der Waals surface area contributed by atoms with E-state index in [4.69, 9.17) is 14.2 Å². The largest absolute Gasteiger partial charge is 0.463 e. The van der Waals surface area contributed by atoms with Gasteiger partial charge in [-0.3, -0.25) is 4.79 Å². The number of ether oxygens (including phenoxy) is 3.